The number of ether oxygens (including phenoxy) is 1. The number of nitrogens with zero attached hydrogens (tertiary/aromatic N) is 1. The van der Waals surface area contributed by atoms with Gasteiger partial charge in [0.05, 0.1) is 18.0 Å². The first kappa shape index (κ1) is 16.7. The molecule has 1 aliphatic heterocycles. The topological polar surface area (TPSA) is 45.6 Å². The highest BCUT2D eigenvalue weighted by Gasteiger charge is 2.15. The van der Waals surface area contributed by atoms with Gasteiger partial charge >= 0.3 is 0 Å². The average Bonchev–Trinajstić information content (AvgIpc) is 2.58. The number of amidine groups is 1. The number of hydrazine groups is 1. The molecule has 1 aliphatic rings. The summed E-state index contributed by atoms with van der Waals surface area (Å²) in [6, 6.07) is 15.5. The summed E-state index contributed by atoms with van der Waals surface area (Å²) < 4.78 is 5.48. The smallest absolute Gasteiger partial charge is 0.185 e. The Labute approximate surface area is 150 Å². The summed E-state index contributed by atoms with van der Waals surface area (Å²) in [6.45, 7) is 4.72. The maximum absolute atomic E-state index is 5.90. The van der Waals surface area contributed by atoms with Crippen molar-refractivity contribution in [2.75, 3.05) is 6.61 Å². The zero-order valence-corrected chi connectivity index (χ0v) is 15.0. The highest BCUT2D eigenvalue weighted by Crippen LogP contribution is 2.30. The van der Waals surface area contributed by atoms with Gasteiger partial charge in [-0.2, -0.15) is 0 Å². The van der Waals surface area contributed by atoms with Crippen molar-refractivity contribution in [3.63, 3.8) is 0 Å². The van der Waals surface area contributed by atoms with Crippen LogP contribution in [0.3, 0.4) is 0 Å². The summed E-state index contributed by atoms with van der Waals surface area (Å²) in [5.41, 5.74) is 9.36. The molecule has 4 nitrogen and oxygen atoms in total. The lowest BCUT2D eigenvalue weighted by atomic mass is 10.1. The minimum absolute atomic E-state index is 0.668. The van der Waals surface area contributed by atoms with Crippen LogP contribution in [-0.2, 0) is 0 Å². The number of halogens is 1. The maximum Gasteiger partial charge on any atom is 0.185 e. The van der Waals surface area contributed by atoms with E-state index in [4.69, 9.17) is 16.3 Å². The third-order valence-electron chi connectivity index (χ3n) is 3.41. The Morgan fingerprint density at radius 2 is 1.75 bits per heavy atom. The van der Waals surface area contributed by atoms with Gasteiger partial charge in [0.15, 0.2) is 5.17 Å². The maximum atomic E-state index is 5.90. The van der Waals surface area contributed by atoms with Crippen molar-refractivity contribution in [3.05, 3.63) is 64.0 Å². The number of aliphatic imine (C=N–C) groups is 1. The second kappa shape index (κ2) is 7.64. The molecule has 0 aromatic heterocycles. The van der Waals surface area contributed by atoms with Crippen molar-refractivity contribution in [2.45, 2.75) is 13.8 Å². The van der Waals surface area contributed by atoms with Crippen molar-refractivity contribution >= 4 is 39.9 Å². The van der Waals surface area contributed by atoms with E-state index in [1.807, 2.05) is 55.5 Å². The fourth-order valence-electron chi connectivity index (χ4n) is 2.27. The number of thioether (sulfide) groups is 1. The summed E-state index contributed by atoms with van der Waals surface area (Å²) in [7, 11) is 0. The van der Waals surface area contributed by atoms with E-state index in [0.717, 1.165) is 32.8 Å². The van der Waals surface area contributed by atoms with Gasteiger partial charge in [0.25, 0.3) is 0 Å². The molecule has 124 valence electrons. The summed E-state index contributed by atoms with van der Waals surface area (Å²) >= 11 is 7.49. The Bertz CT molecular complexity index is 770. The molecule has 2 aromatic carbocycles. The summed E-state index contributed by atoms with van der Waals surface area (Å²) in [4.78, 5) is 5.71. The minimum atomic E-state index is 0.668. The number of rotatable bonds is 4. The molecule has 0 saturated carbocycles. The van der Waals surface area contributed by atoms with Crippen molar-refractivity contribution in [3.8, 4) is 5.75 Å². The Morgan fingerprint density at radius 1 is 1.04 bits per heavy atom. The van der Waals surface area contributed by atoms with Gasteiger partial charge in [-0.1, -0.05) is 23.4 Å². The molecule has 1 heterocycles. The van der Waals surface area contributed by atoms with Crippen LogP contribution in [0, 0.1) is 0 Å². The fourth-order valence-corrected chi connectivity index (χ4v) is 3.21. The first-order valence-electron chi connectivity index (χ1n) is 7.64. The van der Waals surface area contributed by atoms with Crippen LogP contribution in [0.5, 0.6) is 5.75 Å². The first-order chi connectivity index (χ1) is 11.7. The number of benzene rings is 2. The predicted octanol–water partition coefficient (Wildman–Crippen LogP) is 4.96. The van der Waals surface area contributed by atoms with Crippen molar-refractivity contribution in [2.24, 2.45) is 4.99 Å². The molecule has 0 amide bonds. The van der Waals surface area contributed by atoms with E-state index < -0.39 is 0 Å². The monoisotopic (exact) mass is 359 g/mol. The van der Waals surface area contributed by atoms with E-state index in [1.54, 1.807) is 11.8 Å². The predicted molar refractivity (Wildman–Crippen MR) is 103 cm³/mol. The third-order valence-corrected chi connectivity index (χ3v) is 4.56. The molecule has 2 N–H and O–H groups in total. The molecule has 0 saturated heterocycles. The number of nitrogens with one attached hydrogen (secondary N) is 2. The molecular weight excluding hydrogens is 342 g/mol. The zero-order chi connectivity index (χ0) is 16.9. The van der Waals surface area contributed by atoms with Gasteiger partial charge in [-0.05, 0) is 62.4 Å². The van der Waals surface area contributed by atoms with Gasteiger partial charge in [0.2, 0.25) is 0 Å². The van der Waals surface area contributed by atoms with E-state index in [2.05, 4.69) is 22.8 Å². The van der Waals surface area contributed by atoms with Gasteiger partial charge in [0.1, 0.15) is 5.75 Å². The largest absolute Gasteiger partial charge is 0.494 e. The standard InChI is InChI=1S/C18H18ClN3OS/c1-3-23-16-10-4-13(5-11-16)17-12(2)24-18(22-21-17)20-15-8-6-14(19)7-9-15/h4-11,21H,3H2,1-2H3,(H,20,22). The molecule has 0 spiro atoms. The first-order valence-corrected chi connectivity index (χ1v) is 8.83. The molecule has 0 unspecified atom stereocenters. The van der Waals surface area contributed by atoms with Crippen molar-refractivity contribution in [1.82, 2.24) is 10.9 Å². The van der Waals surface area contributed by atoms with Crippen molar-refractivity contribution in [1.29, 1.82) is 0 Å². The lowest BCUT2D eigenvalue weighted by Gasteiger charge is -2.22. The van der Waals surface area contributed by atoms with Gasteiger partial charge in [0, 0.05) is 15.5 Å². The van der Waals surface area contributed by atoms with Gasteiger partial charge in [-0.25, -0.2) is 4.99 Å². The molecule has 0 aliphatic carbocycles. The third kappa shape index (κ3) is 4.04. The van der Waals surface area contributed by atoms with Crippen LogP contribution in [0.4, 0.5) is 5.69 Å². The SMILES string of the molecule is CCOc1ccc(C2=C(C)SC(=Nc3ccc(Cl)cc3)NN2)cc1. The van der Waals surface area contributed by atoms with E-state index in [1.165, 1.54) is 0 Å². The summed E-state index contributed by atoms with van der Waals surface area (Å²) in [6.07, 6.45) is 0. The van der Waals surface area contributed by atoms with Crippen LogP contribution in [-0.4, -0.2) is 11.8 Å². The van der Waals surface area contributed by atoms with Gasteiger partial charge in [-0.15, -0.1) is 0 Å². The van der Waals surface area contributed by atoms with Crippen LogP contribution in [0.2, 0.25) is 5.02 Å². The molecule has 0 radical (unpaired) electrons. The molecule has 6 heteroatoms. The molecule has 0 fully saturated rings. The molecule has 2 aromatic rings. The fraction of sp³-hybridized carbons (Fsp3) is 0.167. The Balaban J connectivity index is 1.76. The van der Waals surface area contributed by atoms with Crippen LogP contribution < -0.4 is 15.6 Å². The van der Waals surface area contributed by atoms with Crippen LogP contribution >= 0.6 is 23.4 Å². The van der Waals surface area contributed by atoms with Crippen molar-refractivity contribution < 1.29 is 4.74 Å². The van der Waals surface area contributed by atoms with E-state index in [9.17, 15) is 0 Å². The van der Waals surface area contributed by atoms with E-state index in [0.29, 0.717) is 11.6 Å². The van der Waals surface area contributed by atoms with Crippen LogP contribution in [0.25, 0.3) is 5.70 Å². The normalized spacial score (nSPS) is 15.9. The molecule has 0 atom stereocenters. The highest BCUT2D eigenvalue weighted by atomic mass is 35.5. The average molecular weight is 360 g/mol. The Hall–Kier alpha value is -2.11. The van der Waals surface area contributed by atoms with Gasteiger partial charge < -0.3 is 4.74 Å². The minimum Gasteiger partial charge on any atom is -0.494 e. The Morgan fingerprint density at radius 3 is 2.38 bits per heavy atom. The van der Waals surface area contributed by atoms with E-state index in [-0.39, 0.29) is 0 Å². The molecule has 24 heavy (non-hydrogen) atoms. The summed E-state index contributed by atoms with van der Waals surface area (Å²) in [5, 5.41) is 1.50. The second-order valence-electron chi connectivity index (χ2n) is 5.13. The lowest BCUT2D eigenvalue weighted by molar-refractivity contribution is 0.340. The number of hydrogen-bond donors (Lipinski definition) is 2. The Kier molecular flexibility index (Phi) is 5.33. The quantitative estimate of drug-likeness (QED) is 0.810. The zero-order valence-electron chi connectivity index (χ0n) is 13.5. The number of allylic oxidation sites excluding steroid dienone is 1. The van der Waals surface area contributed by atoms with Crippen LogP contribution in [0.1, 0.15) is 19.4 Å². The summed E-state index contributed by atoms with van der Waals surface area (Å²) in [5.74, 6) is 0.876. The highest BCUT2D eigenvalue weighted by molar-refractivity contribution is 8.17. The molecular formula is C18H18ClN3OS. The molecule has 3 rings (SSSR count). The second-order valence-corrected chi connectivity index (χ2v) is 6.77. The molecule has 0 bridgehead atoms. The number of hydrogen-bond acceptors (Lipinski definition) is 4. The van der Waals surface area contributed by atoms with E-state index >= 15 is 0 Å². The van der Waals surface area contributed by atoms with Crippen LogP contribution in [0.15, 0.2) is 58.4 Å². The van der Waals surface area contributed by atoms with Gasteiger partial charge in [-0.3, -0.25) is 10.9 Å². The lowest BCUT2D eigenvalue weighted by Crippen LogP contribution is -2.38.